The van der Waals surface area contributed by atoms with Crippen molar-refractivity contribution < 1.29 is 9.30 Å². The molecular formula is C33H23O2P. The molecule has 2 heterocycles. The van der Waals surface area contributed by atoms with E-state index in [2.05, 4.69) is 60.7 Å². The quantitative estimate of drug-likeness (QED) is 0.232. The van der Waals surface area contributed by atoms with E-state index >= 15 is 0 Å². The molecule has 2 aliphatic heterocycles. The number of rotatable bonds is 1. The molecule has 5 aromatic carbocycles. The van der Waals surface area contributed by atoms with E-state index in [9.17, 15) is 4.57 Å². The maximum Gasteiger partial charge on any atom is 0.164 e. The third-order valence-electron chi connectivity index (χ3n) is 8.05. The summed E-state index contributed by atoms with van der Waals surface area (Å²) in [7, 11) is -2.84. The van der Waals surface area contributed by atoms with Gasteiger partial charge >= 0.3 is 0 Å². The van der Waals surface area contributed by atoms with Crippen molar-refractivity contribution in [3.63, 3.8) is 0 Å². The maximum absolute atomic E-state index is 14.4. The number of hydrogen-bond acceptors (Lipinski definition) is 2. The summed E-state index contributed by atoms with van der Waals surface area (Å²) >= 11 is 0. The lowest BCUT2D eigenvalue weighted by Crippen LogP contribution is -2.17. The third-order valence-corrected chi connectivity index (χ3v) is 10.8. The highest BCUT2D eigenvalue weighted by molar-refractivity contribution is 7.82. The summed E-state index contributed by atoms with van der Waals surface area (Å²) in [6, 6.07) is 31.9. The summed E-state index contributed by atoms with van der Waals surface area (Å²) in [6.45, 7) is 0.550. The molecule has 3 aliphatic rings. The number of aryl methyl sites for hydroxylation is 2. The fraction of sp³-hybridized carbons (Fsp3) is 0.0909. The van der Waals surface area contributed by atoms with Crippen molar-refractivity contribution in [2.75, 3.05) is 0 Å². The van der Waals surface area contributed by atoms with Gasteiger partial charge in [0.15, 0.2) is 7.14 Å². The van der Waals surface area contributed by atoms with Crippen LogP contribution in [0.15, 0.2) is 96.8 Å². The summed E-state index contributed by atoms with van der Waals surface area (Å²) in [5, 5.41) is 4.36. The predicted molar refractivity (Wildman–Crippen MR) is 149 cm³/mol. The molecule has 1 aliphatic carbocycles. The van der Waals surface area contributed by atoms with Crippen LogP contribution in [0.5, 0.6) is 5.75 Å². The van der Waals surface area contributed by atoms with Crippen LogP contribution < -0.4 is 15.3 Å². The molecule has 0 aromatic heterocycles. The van der Waals surface area contributed by atoms with E-state index in [1.165, 1.54) is 44.2 Å². The fourth-order valence-electron chi connectivity index (χ4n) is 6.32. The van der Waals surface area contributed by atoms with Crippen molar-refractivity contribution in [1.29, 1.82) is 0 Å². The second-order valence-electron chi connectivity index (χ2n) is 9.96. The van der Waals surface area contributed by atoms with Crippen LogP contribution in [0.2, 0.25) is 0 Å². The van der Waals surface area contributed by atoms with Gasteiger partial charge in [-0.1, -0.05) is 78.9 Å². The van der Waals surface area contributed by atoms with Crippen molar-refractivity contribution in [2.45, 2.75) is 19.4 Å². The normalized spacial score (nSPS) is 18.6. The molecule has 0 fully saturated rings. The second-order valence-corrected chi connectivity index (χ2v) is 12.6. The molecule has 1 unspecified atom stereocenters. The zero-order valence-corrected chi connectivity index (χ0v) is 20.6. The van der Waals surface area contributed by atoms with E-state index in [1.807, 2.05) is 42.2 Å². The lowest BCUT2D eigenvalue weighted by Gasteiger charge is -2.30. The van der Waals surface area contributed by atoms with Gasteiger partial charge in [0.1, 0.15) is 12.4 Å². The number of ether oxygens (including phenoxy) is 1. The smallest absolute Gasteiger partial charge is 0.164 e. The Kier molecular flexibility index (Phi) is 4.14. The van der Waals surface area contributed by atoms with Crippen molar-refractivity contribution in [3.8, 4) is 28.0 Å². The Bertz CT molecular complexity index is 1810. The van der Waals surface area contributed by atoms with Crippen LogP contribution in [-0.2, 0) is 24.0 Å². The van der Waals surface area contributed by atoms with E-state index in [1.54, 1.807) is 0 Å². The van der Waals surface area contributed by atoms with Gasteiger partial charge < -0.3 is 9.30 Å². The van der Waals surface area contributed by atoms with Gasteiger partial charge in [0.25, 0.3) is 0 Å². The van der Waals surface area contributed by atoms with Gasteiger partial charge in [-0.15, -0.1) is 0 Å². The molecule has 0 saturated heterocycles. The molecule has 0 bridgehead atoms. The highest BCUT2D eigenvalue weighted by atomic mass is 31.2. The van der Waals surface area contributed by atoms with Crippen molar-refractivity contribution in [2.24, 2.45) is 0 Å². The predicted octanol–water partition coefficient (Wildman–Crippen LogP) is 7.46. The minimum absolute atomic E-state index is 0.550. The first kappa shape index (κ1) is 20.3. The highest BCUT2D eigenvalue weighted by Crippen LogP contribution is 2.55. The van der Waals surface area contributed by atoms with Crippen LogP contribution in [0.1, 0.15) is 22.3 Å². The Morgan fingerprint density at radius 2 is 1.44 bits per heavy atom. The van der Waals surface area contributed by atoms with Crippen molar-refractivity contribution in [3.05, 3.63) is 119 Å². The molecule has 1 atom stereocenters. The van der Waals surface area contributed by atoms with Crippen molar-refractivity contribution in [1.82, 2.24) is 0 Å². The van der Waals surface area contributed by atoms with Crippen LogP contribution in [0, 0.1) is 0 Å². The first-order valence-electron chi connectivity index (χ1n) is 12.5. The average Bonchev–Trinajstić information content (AvgIpc) is 3.28. The number of fused-ring (bicyclic) bond motifs is 10. The summed E-state index contributed by atoms with van der Waals surface area (Å²) in [4.78, 5) is 0. The van der Waals surface area contributed by atoms with Crippen LogP contribution in [0.4, 0.5) is 0 Å². The topological polar surface area (TPSA) is 26.3 Å². The molecule has 0 saturated carbocycles. The van der Waals surface area contributed by atoms with E-state index in [0.717, 1.165) is 40.3 Å². The second kappa shape index (κ2) is 7.32. The Balaban J connectivity index is 1.43. The molecule has 0 radical (unpaired) electrons. The molecule has 2 nitrogen and oxygen atoms in total. The number of hydrogen-bond donors (Lipinski definition) is 0. The van der Waals surface area contributed by atoms with Gasteiger partial charge in [-0.05, 0) is 81.0 Å². The monoisotopic (exact) mass is 482 g/mol. The molecular weight excluding hydrogens is 459 g/mol. The molecule has 36 heavy (non-hydrogen) atoms. The van der Waals surface area contributed by atoms with Gasteiger partial charge in [0.2, 0.25) is 0 Å². The lowest BCUT2D eigenvalue weighted by molar-refractivity contribution is 0.302. The SMILES string of the molecule is O=P1(c2ccccc2)C=Cc2cc3c(cc21)-c1c(ccc2c1-c1c(ccc4ccccc14)CC2)CO3. The van der Waals surface area contributed by atoms with Gasteiger partial charge in [0.05, 0.1) is 0 Å². The Hall–Kier alpha value is -3.87. The lowest BCUT2D eigenvalue weighted by atomic mass is 9.77. The largest absolute Gasteiger partial charge is 0.488 e. The average molecular weight is 483 g/mol. The first-order chi connectivity index (χ1) is 17.7. The molecule has 0 N–H and O–H groups in total. The third kappa shape index (κ3) is 2.71. The molecule has 172 valence electrons. The standard InChI is InChI=1S/C33H23O2P/c34-36(26-7-2-1-3-8-26)17-16-24-18-29-28(19-30(24)36)32-25(20-35-29)15-14-23-13-12-22-11-10-21-6-4-5-9-27(21)31(22)33(23)32/h1-11,14-19H,12-13,20H2. The minimum Gasteiger partial charge on any atom is -0.488 e. The van der Waals surface area contributed by atoms with Gasteiger partial charge in [-0.25, -0.2) is 0 Å². The van der Waals surface area contributed by atoms with E-state index in [4.69, 9.17) is 4.74 Å². The molecule has 8 rings (SSSR count). The van der Waals surface area contributed by atoms with Crippen LogP contribution in [0.25, 0.3) is 39.1 Å². The number of benzene rings is 5. The zero-order valence-electron chi connectivity index (χ0n) is 19.7. The maximum atomic E-state index is 14.4. The van der Waals surface area contributed by atoms with Gasteiger partial charge in [0, 0.05) is 21.7 Å². The Labute approximate surface area is 210 Å². The molecule has 0 spiro atoms. The van der Waals surface area contributed by atoms with Crippen LogP contribution in [0.3, 0.4) is 0 Å². The van der Waals surface area contributed by atoms with E-state index in [0.29, 0.717) is 6.61 Å². The van der Waals surface area contributed by atoms with Gasteiger partial charge in [-0.2, -0.15) is 0 Å². The molecule has 0 amide bonds. The van der Waals surface area contributed by atoms with E-state index in [-0.39, 0.29) is 0 Å². The van der Waals surface area contributed by atoms with E-state index < -0.39 is 7.14 Å². The first-order valence-corrected chi connectivity index (χ1v) is 14.3. The van der Waals surface area contributed by atoms with Crippen LogP contribution >= 0.6 is 7.14 Å². The fourth-order valence-corrected chi connectivity index (χ4v) is 8.76. The highest BCUT2D eigenvalue weighted by Gasteiger charge is 2.35. The van der Waals surface area contributed by atoms with Crippen LogP contribution in [-0.4, -0.2) is 0 Å². The summed E-state index contributed by atoms with van der Waals surface area (Å²) in [6.07, 6.45) is 4.08. The van der Waals surface area contributed by atoms with Crippen molar-refractivity contribution >= 4 is 34.6 Å². The van der Waals surface area contributed by atoms with Gasteiger partial charge in [-0.3, -0.25) is 0 Å². The Morgan fingerprint density at radius 1 is 0.694 bits per heavy atom. The molecule has 5 aromatic rings. The Morgan fingerprint density at radius 3 is 2.33 bits per heavy atom. The zero-order chi connectivity index (χ0) is 23.9. The summed E-state index contributed by atoms with van der Waals surface area (Å²) in [5.41, 5.74) is 9.98. The minimum atomic E-state index is -2.84. The molecule has 3 heteroatoms. The summed E-state index contributed by atoms with van der Waals surface area (Å²) in [5.74, 6) is 2.79. The summed E-state index contributed by atoms with van der Waals surface area (Å²) < 4.78 is 20.7.